The number of hydrogen-bond donors (Lipinski definition) is 0. The maximum Gasteiger partial charge on any atom is 0.124 e. The molecule has 0 aliphatic rings. The highest BCUT2D eigenvalue weighted by molar-refractivity contribution is 5.52. The highest BCUT2D eigenvalue weighted by Crippen LogP contribution is 1.94. The molecule has 0 saturated heterocycles. The van der Waals surface area contributed by atoms with Crippen LogP contribution in [-0.4, -0.2) is 12.3 Å². The quantitative estimate of drug-likeness (QED) is 0.406. The van der Waals surface area contributed by atoms with Crippen LogP contribution in [0.4, 0.5) is 0 Å². The highest BCUT2D eigenvalue weighted by Gasteiger charge is 1.92. The fourth-order valence-corrected chi connectivity index (χ4v) is 0.239. The predicted molar refractivity (Wildman–Crippen MR) is 35.0 cm³/mol. The van der Waals surface area contributed by atoms with Crippen LogP contribution in [0.5, 0.6) is 0 Å². The molecule has 0 fully saturated rings. The van der Waals surface area contributed by atoms with Crippen molar-refractivity contribution in [1.82, 2.24) is 0 Å². The minimum Gasteiger partial charge on any atom is -0.393 e. The van der Waals surface area contributed by atoms with Gasteiger partial charge in [-0.15, -0.1) is 0 Å². The largest absolute Gasteiger partial charge is 0.393 e. The van der Waals surface area contributed by atoms with Crippen LogP contribution in [0.2, 0.25) is 0 Å². The van der Waals surface area contributed by atoms with Crippen LogP contribution < -0.4 is 0 Å². The van der Waals surface area contributed by atoms with E-state index in [9.17, 15) is 0 Å². The van der Waals surface area contributed by atoms with Gasteiger partial charge < -0.3 is 4.84 Å². The average Bonchev–Trinajstić information content (AvgIpc) is 1.83. The van der Waals surface area contributed by atoms with Gasteiger partial charge in [0.05, 0.1) is 0 Å². The third-order valence-corrected chi connectivity index (χ3v) is 0.921. The molecular formula is C6H13NO. The molecule has 48 valence electrons. The lowest BCUT2D eigenvalue weighted by molar-refractivity contribution is 0.0710. The Bertz CT molecular complexity index is 70.9. The Kier molecular flexibility index (Phi) is 4.32. The topological polar surface area (TPSA) is 21.6 Å². The molecule has 0 aliphatic carbocycles. The first-order valence-electron chi connectivity index (χ1n) is 2.95. The number of hydrogen-bond acceptors (Lipinski definition) is 2. The van der Waals surface area contributed by atoms with Gasteiger partial charge in [-0.3, -0.25) is 0 Å². The zero-order valence-electron chi connectivity index (χ0n) is 5.72. The van der Waals surface area contributed by atoms with E-state index < -0.39 is 0 Å². The zero-order chi connectivity index (χ0) is 6.41. The maximum absolute atomic E-state index is 4.91. The van der Waals surface area contributed by atoms with E-state index >= 15 is 0 Å². The second-order valence-electron chi connectivity index (χ2n) is 1.69. The van der Waals surface area contributed by atoms with Crippen LogP contribution >= 0.6 is 0 Å². The Morgan fingerprint density at radius 1 is 1.75 bits per heavy atom. The highest BCUT2D eigenvalue weighted by atomic mass is 16.6. The Labute approximate surface area is 50.5 Å². The van der Waals surface area contributed by atoms with Gasteiger partial charge in [-0.2, -0.15) is 0 Å². The SMILES string of the molecule is C/C=N/OC(C)CC. The van der Waals surface area contributed by atoms with Crippen LogP contribution in [0.25, 0.3) is 0 Å². The van der Waals surface area contributed by atoms with Crippen molar-refractivity contribution >= 4 is 6.21 Å². The first kappa shape index (κ1) is 7.47. The van der Waals surface area contributed by atoms with Crippen LogP contribution in [0.15, 0.2) is 5.16 Å². The molecule has 0 N–H and O–H groups in total. The second-order valence-corrected chi connectivity index (χ2v) is 1.69. The second kappa shape index (κ2) is 4.62. The molecule has 0 radical (unpaired) electrons. The van der Waals surface area contributed by atoms with Gasteiger partial charge in [-0.05, 0) is 20.3 Å². The molecule has 0 aromatic heterocycles. The average molecular weight is 115 g/mol. The van der Waals surface area contributed by atoms with Crippen molar-refractivity contribution in [3.05, 3.63) is 0 Å². The molecule has 0 aliphatic heterocycles. The minimum absolute atomic E-state index is 0.256. The summed E-state index contributed by atoms with van der Waals surface area (Å²) < 4.78 is 0. The van der Waals surface area contributed by atoms with Gasteiger partial charge in [0, 0.05) is 6.21 Å². The summed E-state index contributed by atoms with van der Waals surface area (Å²) in [7, 11) is 0. The summed E-state index contributed by atoms with van der Waals surface area (Å²) in [4.78, 5) is 4.91. The van der Waals surface area contributed by atoms with E-state index in [1.54, 1.807) is 6.21 Å². The van der Waals surface area contributed by atoms with Crippen molar-refractivity contribution in [2.45, 2.75) is 33.3 Å². The van der Waals surface area contributed by atoms with Crippen molar-refractivity contribution in [2.24, 2.45) is 5.16 Å². The van der Waals surface area contributed by atoms with Crippen LogP contribution in [0, 0.1) is 0 Å². The van der Waals surface area contributed by atoms with Gasteiger partial charge in [0.1, 0.15) is 6.10 Å². The summed E-state index contributed by atoms with van der Waals surface area (Å²) in [5.41, 5.74) is 0. The van der Waals surface area contributed by atoms with Gasteiger partial charge in [-0.25, -0.2) is 0 Å². The molecule has 0 amide bonds. The Morgan fingerprint density at radius 3 is 2.75 bits per heavy atom. The third kappa shape index (κ3) is 3.65. The molecule has 0 aromatic carbocycles. The summed E-state index contributed by atoms with van der Waals surface area (Å²) in [5, 5.41) is 3.62. The van der Waals surface area contributed by atoms with Gasteiger partial charge >= 0.3 is 0 Å². The van der Waals surface area contributed by atoms with Crippen LogP contribution in [0.3, 0.4) is 0 Å². The smallest absolute Gasteiger partial charge is 0.124 e. The summed E-state index contributed by atoms with van der Waals surface area (Å²) >= 11 is 0. The lowest BCUT2D eigenvalue weighted by Gasteiger charge is -2.03. The summed E-state index contributed by atoms with van der Waals surface area (Å²) in [6.07, 6.45) is 2.91. The fourth-order valence-electron chi connectivity index (χ4n) is 0.239. The van der Waals surface area contributed by atoms with Gasteiger partial charge in [-0.1, -0.05) is 12.1 Å². The number of oxime groups is 1. The molecule has 2 nitrogen and oxygen atoms in total. The summed E-state index contributed by atoms with van der Waals surface area (Å²) in [6.45, 7) is 5.89. The van der Waals surface area contributed by atoms with E-state index in [-0.39, 0.29) is 6.10 Å². The Balaban J connectivity index is 3.10. The molecule has 0 heterocycles. The molecule has 0 aromatic rings. The van der Waals surface area contributed by atoms with Crippen molar-refractivity contribution in [3.63, 3.8) is 0 Å². The first-order chi connectivity index (χ1) is 3.81. The predicted octanol–water partition coefficient (Wildman–Crippen LogP) is 1.81. The zero-order valence-corrected chi connectivity index (χ0v) is 5.72. The fraction of sp³-hybridized carbons (Fsp3) is 0.833. The van der Waals surface area contributed by atoms with Gasteiger partial charge in [0.15, 0.2) is 0 Å². The normalized spacial score (nSPS) is 14.4. The van der Waals surface area contributed by atoms with E-state index in [0.29, 0.717) is 0 Å². The van der Waals surface area contributed by atoms with Crippen molar-refractivity contribution in [3.8, 4) is 0 Å². The molecule has 8 heavy (non-hydrogen) atoms. The van der Waals surface area contributed by atoms with Gasteiger partial charge in [0.2, 0.25) is 0 Å². The Morgan fingerprint density at radius 2 is 2.38 bits per heavy atom. The van der Waals surface area contributed by atoms with E-state index in [4.69, 9.17) is 4.84 Å². The molecule has 0 spiro atoms. The molecule has 0 rings (SSSR count). The molecular weight excluding hydrogens is 102 g/mol. The first-order valence-corrected chi connectivity index (χ1v) is 2.95. The van der Waals surface area contributed by atoms with Crippen LogP contribution in [-0.2, 0) is 4.84 Å². The van der Waals surface area contributed by atoms with E-state index in [1.807, 2.05) is 13.8 Å². The van der Waals surface area contributed by atoms with E-state index in [1.165, 1.54) is 0 Å². The number of rotatable bonds is 3. The molecule has 1 atom stereocenters. The maximum atomic E-state index is 4.91. The van der Waals surface area contributed by atoms with Gasteiger partial charge in [0.25, 0.3) is 0 Å². The lowest BCUT2D eigenvalue weighted by atomic mass is 10.3. The lowest BCUT2D eigenvalue weighted by Crippen LogP contribution is -2.00. The monoisotopic (exact) mass is 115 g/mol. The van der Waals surface area contributed by atoms with Crippen molar-refractivity contribution < 1.29 is 4.84 Å². The Hall–Kier alpha value is -0.530. The van der Waals surface area contributed by atoms with Crippen molar-refractivity contribution in [1.29, 1.82) is 0 Å². The minimum atomic E-state index is 0.256. The van der Waals surface area contributed by atoms with Crippen LogP contribution in [0.1, 0.15) is 27.2 Å². The standard InChI is InChI=1S/C6H13NO/c1-4-6(3)8-7-5-2/h5-6H,4H2,1-3H3/b7-5+. The van der Waals surface area contributed by atoms with E-state index in [0.717, 1.165) is 6.42 Å². The molecule has 0 saturated carbocycles. The summed E-state index contributed by atoms with van der Waals surface area (Å²) in [5.74, 6) is 0. The summed E-state index contributed by atoms with van der Waals surface area (Å²) in [6, 6.07) is 0. The molecule has 0 bridgehead atoms. The van der Waals surface area contributed by atoms with E-state index in [2.05, 4.69) is 12.1 Å². The third-order valence-electron chi connectivity index (χ3n) is 0.921. The molecule has 2 heteroatoms. The molecule has 1 unspecified atom stereocenters. The van der Waals surface area contributed by atoms with Crippen molar-refractivity contribution in [2.75, 3.05) is 0 Å². The number of nitrogens with zero attached hydrogens (tertiary/aromatic N) is 1.